The van der Waals surface area contributed by atoms with Crippen molar-refractivity contribution in [3.8, 4) is 0 Å². The SMILES string of the molecule is CCCCCCCCCNC(=O)C=Cc1c(Cl)cccc1Cl. The van der Waals surface area contributed by atoms with Crippen molar-refractivity contribution >= 4 is 35.2 Å². The van der Waals surface area contributed by atoms with E-state index in [4.69, 9.17) is 23.2 Å². The van der Waals surface area contributed by atoms with Crippen LogP contribution in [-0.4, -0.2) is 12.5 Å². The molecule has 0 aliphatic heterocycles. The molecule has 0 aliphatic carbocycles. The molecular weight excluding hydrogens is 317 g/mol. The van der Waals surface area contributed by atoms with E-state index in [0.29, 0.717) is 22.2 Å². The Kier molecular flexibility index (Phi) is 10.0. The van der Waals surface area contributed by atoms with Crippen molar-refractivity contribution in [3.63, 3.8) is 0 Å². The van der Waals surface area contributed by atoms with E-state index in [-0.39, 0.29) is 5.91 Å². The third kappa shape index (κ3) is 7.86. The molecule has 22 heavy (non-hydrogen) atoms. The van der Waals surface area contributed by atoms with E-state index in [1.165, 1.54) is 44.6 Å². The van der Waals surface area contributed by atoms with Gasteiger partial charge in [-0.1, -0.05) is 74.7 Å². The average molecular weight is 342 g/mol. The van der Waals surface area contributed by atoms with Gasteiger partial charge in [0.1, 0.15) is 0 Å². The number of hydrogen-bond acceptors (Lipinski definition) is 1. The van der Waals surface area contributed by atoms with Crippen molar-refractivity contribution in [2.24, 2.45) is 0 Å². The second kappa shape index (κ2) is 11.6. The van der Waals surface area contributed by atoms with Crippen molar-refractivity contribution in [3.05, 3.63) is 39.9 Å². The number of hydrogen-bond donors (Lipinski definition) is 1. The van der Waals surface area contributed by atoms with Gasteiger partial charge in [-0.3, -0.25) is 4.79 Å². The molecule has 0 saturated heterocycles. The first-order valence-electron chi connectivity index (χ1n) is 8.05. The summed E-state index contributed by atoms with van der Waals surface area (Å²) in [6.07, 6.45) is 11.8. The van der Waals surface area contributed by atoms with Gasteiger partial charge in [0.05, 0.1) is 0 Å². The maximum absolute atomic E-state index is 11.7. The van der Waals surface area contributed by atoms with E-state index in [0.717, 1.165) is 6.42 Å². The van der Waals surface area contributed by atoms with E-state index in [1.807, 2.05) is 0 Å². The zero-order valence-electron chi connectivity index (χ0n) is 13.2. The molecule has 0 saturated carbocycles. The third-order valence-corrected chi connectivity index (χ3v) is 4.14. The van der Waals surface area contributed by atoms with Gasteiger partial charge in [-0.05, 0) is 24.6 Å². The Labute approximate surface area is 143 Å². The molecule has 0 heterocycles. The summed E-state index contributed by atoms with van der Waals surface area (Å²) in [5.74, 6) is -0.109. The van der Waals surface area contributed by atoms with Crippen LogP contribution in [0.2, 0.25) is 10.0 Å². The first kappa shape index (κ1) is 19.1. The summed E-state index contributed by atoms with van der Waals surface area (Å²) in [4.78, 5) is 11.7. The summed E-state index contributed by atoms with van der Waals surface area (Å²) >= 11 is 12.1. The molecule has 0 fully saturated rings. The van der Waals surface area contributed by atoms with Crippen LogP contribution in [0.4, 0.5) is 0 Å². The van der Waals surface area contributed by atoms with Gasteiger partial charge in [0.15, 0.2) is 0 Å². The van der Waals surface area contributed by atoms with Crippen LogP contribution in [0.25, 0.3) is 6.08 Å². The number of carbonyl (C=O) groups is 1. The molecule has 1 N–H and O–H groups in total. The highest BCUT2D eigenvalue weighted by atomic mass is 35.5. The highest BCUT2D eigenvalue weighted by molar-refractivity contribution is 6.37. The predicted molar refractivity (Wildman–Crippen MR) is 96.5 cm³/mol. The summed E-state index contributed by atoms with van der Waals surface area (Å²) < 4.78 is 0. The van der Waals surface area contributed by atoms with E-state index >= 15 is 0 Å². The number of rotatable bonds is 10. The fourth-order valence-corrected chi connectivity index (χ4v) is 2.71. The van der Waals surface area contributed by atoms with Gasteiger partial charge in [0.2, 0.25) is 5.91 Å². The van der Waals surface area contributed by atoms with Gasteiger partial charge in [-0.25, -0.2) is 0 Å². The van der Waals surface area contributed by atoms with E-state index in [1.54, 1.807) is 24.3 Å². The molecule has 0 atom stereocenters. The monoisotopic (exact) mass is 341 g/mol. The summed E-state index contributed by atoms with van der Waals surface area (Å²) in [6, 6.07) is 5.29. The normalized spacial score (nSPS) is 11.0. The molecule has 122 valence electrons. The minimum absolute atomic E-state index is 0.109. The highest BCUT2D eigenvalue weighted by Gasteiger charge is 2.02. The van der Waals surface area contributed by atoms with E-state index in [9.17, 15) is 4.79 Å². The number of halogens is 2. The molecule has 2 nitrogen and oxygen atoms in total. The first-order chi connectivity index (χ1) is 10.6. The van der Waals surface area contributed by atoms with Crippen molar-refractivity contribution < 1.29 is 4.79 Å². The molecular formula is C18H25Cl2NO. The zero-order valence-corrected chi connectivity index (χ0v) is 14.7. The Morgan fingerprint density at radius 3 is 2.27 bits per heavy atom. The Hall–Kier alpha value is -0.990. The van der Waals surface area contributed by atoms with Crippen LogP contribution in [0.1, 0.15) is 57.4 Å². The van der Waals surface area contributed by atoms with E-state index in [2.05, 4.69) is 12.2 Å². The first-order valence-corrected chi connectivity index (χ1v) is 8.80. The zero-order chi connectivity index (χ0) is 16.2. The number of amides is 1. The Bertz CT molecular complexity index is 466. The third-order valence-electron chi connectivity index (χ3n) is 3.48. The van der Waals surface area contributed by atoms with Crippen molar-refractivity contribution in [2.75, 3.05) is 6.54 Å². The van der Waals surface area contributed by atoms with Crippen LogP contribution < -0.4 is 5.32 Å². The lowest BCUT2D eigenvalue weighted by atomic mass is 10.1. The summed E-state index contributed by atoms with van der Waals surface area (Å²) in [5.41, 5.74) is 0.678. The number of nitrogens with one attached hydrogen (secondary N) is 1. The van der Waals surface area contributed by atoms with Gasteiger partial charge >= 0.3 is 0 Å². The molecule has 1 rings (SSSR count). The molecule has 1 aromatic rings. The predicted octanol–water partition coefficient (Wildman–Crippen LogP) is 5.87. The number of carbonyl (C=O) groups excluding carboxylic acids is 1. The van der Waals surface area contributed by atoms with Crippen LogP contribution in [0.5, 0.6) is 0 Å². The van der Waals surface area contributed by atoms with Crippen LogP contribution in [0.3, 0.4) is 0 Å². The highest BCUT2D eigenvalue weighted by Crippen LogP contribution is 2.25. The van der Waals surface area contributed by atoms with E-state index < -0.39 is 0 Å². The van der Waals surface area contributed by atoms with Crippen LogP contribution >= 0.6 is 23.2 Å². The fraction of sp³-hybridized carbons (Fsp3) is 0.500. The Balaban J connectivity index is 2.20. The Morgan fingerprint density at radius 2 is 1.64 bits per heavy atom. The molecule has 0 aliphatic rings. The van der Waals surface area contributed by atoms with Crippen LogP contribution in [0, 0.1) is 0 Å². The number of benzene rings is 1. The maximum atomic E-state index is 11.7. The molecule has 0 aromatic heterocycles. The molecule has 0 unspecified atom stereocenters. The minimum Gasteiger partial charge on any atom is -0.353 e. The molecule has 1 aromatic carbocycles. The average Bonchev–Trinajstić information content (AvgIpc) is 2.49. The fourth-order valence-electron chi connectivity index (χ4n) is 2.18. The maximum Gasteiger partial charge on any atom is 0.244 e. The van der Waals surface area contributed by atoms with Crippen molar-refractivity contribution in [1.82, 2.24) is 5.32 Å². The van der Waals surface area contributed by atoms with Gasteiger partial charge in [0.25, 0.3) is 0 Å². The molecule has 1 amide bonds. The second-order valence-corrected chi connectivity index (χ2v) is 6.20. The van der Waals surface area contributed by atoms with Gasteiger partial charge in [-0.2, -0.15) is 0 Å². The lowest BCUT2D eigenvalue weighted by Crippen LogP contribution is -2.21. The molecule has 4 heteroatoms. The minimum atomic E-state index is -0.109. The lowest BCUT2D eigenvalue weighted by molar-refractivity contribution is -0.116. The van der Waals surface area contributed by atoms with Crippen LogP contribution in [-0.2, 0) is 4.79 Å². The van der Waals surface area contributed by atoms with Crippen LogP contribution in [0.15, 0.2) is 24.3 Å². The largest absolute Gasteiger partial charge is 0.353 e. The van der Waals surface area contributed by atoms with Gasteiger partial charge in [0, 0.05) is 28.2 Å². The lowest BCUT2D eigenvalue weighted by Gasteiger charge is -2.03. The molecule has 0 radical (unpaired) electrons. The Morgan fingerprint density at radius 1 is 1.05 bits per heavy atom. The summed E-state index contributed by atoms with van der Waals surface area (Å²) in [7, 11) is 0. The summed E-state index contributed by atoms with van der Waals surface area (Å²) in [6.45, 7) is 2.94. The smallest absolute Gasteiger partial charge is 0.244 e. The quantitative estimate of drug-likeness (QED) is 0.418. The van der Waals surface area contributed by atoms with Crippen molar-refractivity contribution in [2.45, 2.75) is 51.9 Å². The second-order valence-electron chi connectivity index (χ2n) is 5.38. The summed E-state index contributed by atoms with van der Waals surface area (Å²) in [5, 5.41) is 3.97. The standard InChI is InChI=1S/C18H25Cl2NO/c1-2-3-4-5-6-7-8-14-21-18(22)13-12-15-16(19)10-9-11-17(15)20/h9-13H,2-8,14H2,1H3,(H,21,22). The van der Waals surface area contributed by atoms with Gasteiger partial charge < -0.3 is 5.32 Å². The topological polar surface area (TPSA) is 29.1 Å². The molecule has 0 bridgehead atoms. The molecule has 0 spiro atoms. The van der Waals surface area contributed by atoms with Crippen molar-refractivity contribution in [1.29, 1.82) is 0 Å². The number of unbranched alkanes of at least 4 members (excludes halogenated alkanes) is 6. The van der Waals surface area contributed by atoms with Gasteiger partial charge in [-0.15, -0.1) is 0 Å².